The average Bonchev–Trinajstić information content (AvgIpc) is 2.55. The average molecular weight is 294 g/mol. The maximum Gasteiger partial charge on any atom is 0.231 e. The van der Waals surface area contributed by atoms with Gasteiger partial charge in [-0.15, -0.1) is 0 Å². The van der Waals surface area contributed by atoms with Gasteiger partial charge in [-0.05, 0) is 57.5 Å². The number of nitrogens with one attached hydrogen (secondary N) is 1. The van der Waals surface area contributed by atoms with Crippen LogP contribution in [0.15, 0.2) is 0 Å². The zero-order valence-electron chi connectivity index (χ0n) is 13.4. The lowest BCUT2D eigenvalue weighted by Crippen LogP contribution is -2.57. The van der Waals surface area contributed by atoms with Gasteiger partial charge in [-0.1, -0.05) is 12.8 Å². The maximum atomic E-state index is 13.3. The summed E-state index contributed by atoms with van der Waals surface area (Å²) < 4.78 is 5.46. The van der Waals surface area contributed by atoms with Crippen LogP contribution in [0, 0.1) is 11.3 Å². The van der Waals surface area contributed by atoms with Gasteiger partial charge in [0.25, 0.3) is 0 Å². The largest absolute Gasteiger partial charge is 0.384 e. The Kier molecular flexibility index (Phi) is 4.85. The molecule has 0 aromatic carbocycles. The Bertz CT molecular complexity index is 358. The van der Waals surface area contributed by atoms with Crippen LogP contribution in [0.4, 0.5) is 0 Å². The Morgan fingerprint density at radius 3 is 2.67 bits per heavy atom. The Morgan fingerprint density at radius 2 is 1.90 bits per heavy atom. The number of hydrogen-bond donors (Lipinski definition) is 1. The maximum absolute atomic E-state index is 13.3. The van der Waals surface area contributed by atoms with Gasteiger partial charge in [0.05, 0.1) is 12.0 Å². The fourth-order valence-corrected chi connectivity index (χ4v) is 4.78. The van der Waals surface area contributed by atoms with Crippen molar-refractivity contribution in [2.45, 2.75) is 57.4 Å². The Morgan fingerprint density at radius 1 is 1.19 bits per heavy atom. The molecule has 1 N–H and O–H groups in total. The molecule has 0 radical (unpaired) electrons. The first kappa shape index (κ1) is 15.3. The van der Waals surface area contributed by atoms with Gasteiger partial charge in [0, 0.05) is 19.7 Å². The minimum absolute atomic E-state index is 0.265. The summed E-state index contributed by atoms with van der Waals surface area (Å²) >= 11 is 0. The molecule has 2 heterocycles. The second-order valence-electron chi connectivity index (χ2n) is 7.22. The molecule has 3 rings (SSSR count). The number of methoxy groups -OCH3 is 1. The molecule has 2 saturated heterocycles. The summed E-state index contributed by atoms with van der Waals surface area (Å²) in [5.41, 5.74) is -0.265. The summed E-state index contributed by atoms with van der Waals surface area (Å²) in [6, 6.07) is 0.517. The molecule has 2 aliphatic heterocycles. The third kappa shape index (κ3) is 2.98. The SMILES string of the molecule is COCC1(C(=O)N2CCCC3CCCCC32)CCNCC1. The molecule has 1 saturated carbocycles. The van der Waals surface area contributed by atoms with Gasteiger partial charge in [-0.25, -0.2) is 0 Å². The summed E-state index contributed by atoms with van der Waals surface area (Å²) in [6.45, 7) is 3.44. The summed E-state index contributed by atoms with van der Waals surface area (Å²) in [4.78, 5) is 15.6. The predicted octanol–water partition coefficient (Wildman–Crippen LogP) is 2.18. The van der Waals surface area contributed by atoms with Crippen molar-refractivity contribution in [1.82, 2.24) is 10.2 Å². The van der Waals surface area contributed by atoms with Crippen molar-refractivity contribution in [3.8, 4) is 0 Å². The van der Waals surface area contributed by atoms with E-state index in [0.29, 0.717) is 18.6 Å². The molecule has 3 fully saturated rings. The van der Waals surface area contributed by atoms with Crippen molar-refractivity contribution in [2.75, 3.05) is 33.4 Å². The molecule has 0 aromatic rings. The van der Waals surface area contributed by atoms with Crippen molar-refractivity contribution in [3.63, 3.8) is 0 Å². The van der Waals surface area contributed by atoms with Crippen LogP contribution in [0.1, 0.15) is 51.4 Å². The first-order valence-electron chi connectivity index (χ1n) is 8.77. The zero-order valence-corrected chi connectivity index (χ0v) is 13.4. The molecule has 120 valence electrons. The van der Waals surface area contributed by atoms with Crippen LogP contribution in [-0.4, -0.2) is 50.2 Å². The fraction of sp³-hybridized carbons (Fsp3) is 0.941. The van der Waals surface area contributed by atoms with Gasteiger partial charge in [0.15, 0.2) is 0 Å². The van der Waals surface area contributed by atoms with Gasteiger partial charge in [-0.3, -0.25) is 4.79 Å². The lowest BCUT2D eigenvalue weighted by Gasteiger charge is -2.48. The summed E-state index contributed by atoms with van der Waals surface area (Å²) in [7, 11) is 1.73. The van der Waals surface area contributed by atoms with E-state index in [-0.39, 0.29) is 5.41 Å². The van der Waals surface area contributed by atoms with Gasteiger partial charge < -0.3 is 15.0 Å². The highest BCUT2D eigenvalue weighted by atomic mass is 16.5. The lowest BCUT2D eigenvalue weighted by atomic mass is 9.74. The smallest absolute Gasteiger partial charge is 0.231 e. The Hall–Kier alpha value is -0.610. The van der Waals surface area contributed by atoms with E-state index in [1.165, 1.54) is 38.5 Å². The van der Waals surface area contributed by atoms with Crippen LogP contribution >= 0.6 is 0 Å². The highest BCUT2D eigenvalue weighted by molar-refractivity contribution is 5.83. The molecule has 4 heteroatoms. The van der Waals surface area contributed by atoms with E-state index in [9.17, 15) is 4.79 Å². The lowest BCUT2D eigenvalue weighted by molar-refractivity contribution is -0.154. The number of ether oxygens (including phenoxy) is 1. The molecule has 2 unspecified atom stereocenters. The number of fused-ring (bicyclic) bond motifs is 1. The first-order valence-corrected chi connectivity index (χ1v) is 8.77. The summed E-state index contributed by atoms with van der Waals surface area (Å²) in [5, 5.41) is 3.39. The van der Waals surface area contributed by atoms with Gasteiger partial charge in [0.1, 0.15) is 0 Å². The van der Waals surface area contributed by atoms with E-state index in [2.05, 4.69) is 10.2 Å². The van der Waals surface area contributed by atoms with Crippen molar-refractivity contribution in [2.24, 2.45) is 11.3 Å². The van der Waals surface area contributed by atoms with Crippen LogP contribution in [0.3, 0.4) is 0 Å². The van der Waals surface area contributed by atoms with Crippen LogP contribution < -0.4 is 5.32 Å². The second kappa shape index (κ2) is 6.66. The third-order valence-electron chi connectivity index (χ3n) is 5.94. The predicted molar refractivity (Wildman–Crippen MR) is 83.1 cm³/mol. The number of hydrogen-bond acceptors (Lipinski definition) is 3. The molecule has 1 amide bonds. The molecule has 21 heavy (non-hydrogen) atoms. The molecule has 3 aliphatic rings. The fourth-order valence-electron chi connectivity index (χ4n) is 4.78. The van der Waals surface area contributed by atoms with Gasteiger partial charge >= 0.3 is 0 Å². The quantitative estimate of drug-likeness (QED) is 0.867. The van der Waals surface area contributed by atoms with Crippen molar-refractivity contribution < 1.29 is 9.53 Å². The monoisotopic (exact) mass is 294 g/mol. The third-order valence-corrected chi connectivity index (χ3v) is 5.94. The highest BCUT2D eigenvalue weighted by Gasteiger charge is 2.46. The number of nitrogens with zero attached hydrogens (tertiary/aromatic N) is 1. The number of rotatable bonds is 3. The molecule has 0 spiro atoms. The van der Waals surface area contributed by atoms with Crippen LogP contribution in [0.2, 0.25) is 0 Å². The molecule has 1 aliphatic carbocycles. The minimum atomic E-state index is -0.265. The molecule has 0 bridgehead atoms. The normalized spacial score (nSPS) is 32.5. The van der Waals surface area contributed by atoms with E-state index >= 15 is 0 Å². The molecule has 0 aromatic heterocycles. The summed E-state index contributed by atoms with van der Waals surface area (Å²) in [5.74, 6) is 1.15. The molecule has 4 nitrogen and oxygen atoms in total. The van der Waals surface area contributed by atoms with Crippen molar-refractivity contribution in [1.29, 1.82) is 0 Å². The first-order chi connectivity index (χ1) is 10.3. The van der Waals surface area contributed by atoms with E-state index in [4.69, 9.17) is 4.74 Å². The van der Waals surface area contributed by atoms with Crippen molar-refractivity contribution >= 4 is 5.91 Å². The van der Waals surface area contributed by atoms with Gasteiger partial charge in [0.2, 0.25) is 5.91 Å². The highest BCUT2D eigenvalue weighted by Crippen LogP contribution is 2.39. The number of likely N-dealkylation sites (tertiary alicyclic amines) is 1. The van der Waals surface area contributed by atoms with Crippen LogP contribution in [-0.2, 0) is 9.53 Å². The zero-order chi connectivity index (χ0) is 14.7. The molecular weight excluding hydrogens is 264 g/mol. The van der Waals surface area contributed by atoms with Crippen molar-refractivity contribution in [3.05, 3.63) is 0 Å². The number of carbonyl (C=O) groups excluding carboxylic acids is 1. The van der Waals surface area contributed by atoms with E-state index < -0.39 is 0 Å². The topological polar surface area (TPSA) is 41.6 Å². The standard InChI is InChI=1S/C17H30N2O2/c1-21-13-17(8-10-18-11-9-17)16(20)19-12-4-6-14-5-2-3-7-15(14)19/h14-15,18H,2-13H2,1H3. The summed E-state index contributed by atoms with van der Waals surface area (Å²) in [6.07, 6.45) is 9.56. The Labute approximate surface area is 128 Å². The van der Waals surface area contributed by atoms with Gasteiger partial charge in [-0.2, -0.15) is 0 Å². The second-order valence-corrected chi connectivity index (χ2v) is 7.22. The molecular formula is C17H30N2O2. The Balaban J connectivity index is 1.77. The minimum Gasteiger partial charge on any atom is -0.384 e. The van der Waals surface area contributed by atoms with E-state index in [1.54, 1.807) is 7.11 Å². The van der Waals surface area contributed by atoms with Crippen LogP contribution in [0.25, 0.3) is 0 Å². The molecule has 2 atom stereocenters. The number of carbonyl (C=O) groups is 1. The van der Waals surface area contributed by atoms with Crippen LogP contribution in [0.5, 0.6) is 0 Å². The number of piperidine rings is 2. The number of amides is 1. The van der Waals surface area contributed by atoms with E-state index in [0.717, 1.165) is 38.4 Å². The van der Waals surface area contributed by atoms with E-state index in [1.807, 2.05) is 0 Å².